The van der Waals surface area contributed by atoms with Gasteiger partial charge in [-0.15, -0.1) is 5.10 Å². The van der Waals surface area contributed by atoms with Gasteiger partial charge in [0.2, 0.25) is 0 Å². The van der Waals surface area contributed by atoms with Crippen molar-refractivity contribution in [3.8, 4) is 0 Å². The van der Waals surface area contributed by atoms with Gasteiger partial charge in [0.15, 0.2) is 5.15 Å². The molecule has 2 heterocycles. The van der Waals surface area contributed by atoms with Crippen LogP contribution >= 0.6 is 11.6 Å². The first kappa shape index (κ1) is 12.3. The largest absolute Gasteiger partial charge is 0.325 e. The van der Waals surface area contributed by atoms with Crippen LogP contribution in [0.1, 0.15) is 31.4 Å². The lowest BCUT2D eigenvalue weighted by Crippen LogP contribution is -2.44. The van der Waals surface area contributed by atoms with Gasteiger partial charge in [0.05, 0.1) is 12.2 Å². The monoisotopic (exact) mass is 280 g/mol. The molecule has 1 N–H and O–H groups in total. The number of rotatable bonds is 2. The van der Waals surface area contributed by atoms with E-state index < -0.39 is 5.54 Å². The molecule has 0 aromatic carbocycles. The molecule has 1 aliphatic heterocycles. The number of amides is 3. The maximum atomic E-state index is 12.4. The minimum atomic E-state index is -0.670. The highest BCUT2D eigenvalue weighted by Gasteiger charge is 2.52. The van der Waals surface area contributed by atoms with Crippen LogP contribution in [0.4, 0.5) is 4.79 Å². The zero-order chi connectivity index (χ0) is 13.5. The minimum Gasteiger partial charge on any atom is -0.323 e. The molecule has 1 spiro atoms. The number of aromatic nitrogens is 2. The first-order chi connectivity index (χ1) is 9.11. The normalized spacial score (nSPS) is 21.2. The fourth-order valence-electron chi connectivity index (χ4n) is 2.73. The van der Waals surface area contributed by atoms with Crippen molar-refractivity contribution in [2.75, 3.05) is 0 Å². The van der Waals surface area contributed by atoms with E-state index in [1.54, 1.807) is 12.1 Å². The molecule has 6 nitrogen and oxygen atoms in total. The number of nitrogens with one attached hydrogen (secondary N) is 1. The Morgan fingerprint density at radius 2 is 2.00 bits per heavy atom. The summed E-state index contributed by atoms with van der Waals surface area (Å²) in [6, 6.07) is 2.91. The van der Waals surface area contributed by atoms with E-state index in [1.165, 1.54) is 4.90 Å². The lowest BCUT2D eigenvalue weighted by Gasteiger charge is -2.19. The molecule has 1 aromatic heterocycles. The summed E-state index contributed by atoms with van der Waals surface area (Å²) in [5.74, 6) is -0.147. The van der Waals surface area contributed by atoms with Gasteiger partial charge in [-0.3, -0.25) is 9.69 Å². The Labute approximate surface area is 115 Å². The average Bonchev–Trinajstić information content (AvgIpc) is 2.94. The summed E-state index contributed by atoms with van der Waals surface area (Å²) in [6.07, 6.45) is 3.39. The first-order valence-electron chi connectivity index (χ1n) is 6.23. The lowest BCUT2D eigenvalue weighted by atomic mass is 9.98. The summed E-state index contributed by atoms with van der Waals surface area (Å²) in [5, 5.41) is 10.7. The van der Waals surface area contributed by atoms with E-state index in [0.29, 0.717) is 5.69 Å². The predicted molar refractivity (Wildman–Crippen MR) is 67.3 cm³/mol. The Kier molecular flexibility index (Phi) is 2.89. The topological polar surface area (TPSA) is 75.2 Å². The third-order valence-electron chi connectivity index (χ3n) is 3.71. The second-order valence-electron chi connectivity index (χ2n) is 4.96. The van der Waals surface area contributed by atoms with Crippen molar-refractivity contribution in [2.45, 2.75) is 37.8 Å². The number of imide groups is 1. The van der Waals surface area contributed by atoms with E-state index in [-0.39, 0.29) is 23.6 Å². The molecule has 0 radical (unpaired) electrons. The predicted octanol–water partition coefficient (Wildman–Crippen LogP) is 1.49. The van der Waals surface area contributed by atoms with Gasteiger partial charge in [-0.05, 0) is 25.0 Å². The number of carbonyl (C=O) groups is 2. The first-order valence-corrected chi connectivity index (χ1v) is 6.61. The summed E-state index contributed by atoms with van der Waals surface area (Å²) in [5.41, 5.74) is -0.125. The second kappa shape index (κ2) is 4.45. The van der Waals surface area contributed by atoms with Crippen molar-refractivity contribution in [1.29, 1.82) is 0 Å². The third kappa shape index (κ3) is 2.06. The van der Waals surface area contributed by atoms with E-state index in [9.17, 15) is 9.59 Å². The molecule has 2 aliphatic rings. The summed E-state index contributed by atoms with van der Waals surface area (Å²) in [6.45, 7) is 0.136. The molecule has 1 saturated carbocycles. The summed E-state index contributed by atoms with van der Waals surface area (Å²) >= 11 is 5.65. The van der Waals surface area contributed by atoms with Gasteiger partial charge >= 0.3 is 6.03 Å². The highest BCUT2D eigenvalue weighted by molar-refractivity contribution is 6.29. The average molecular weight is 281 g/mol. The van der Waals surface area contributed by atoms with Crippen LogP contribution in [-0.2, 0) is 11.3 Å². The van der Waals surface area contributed by atoms with Crippen molar-refractivity contribution >= 4 is 23.5 Å². The van der Waals surface area contributed by atoms with E-state index in [1.807, 2.05) is 0 Å². The van der Waals surface area contributed by atoms with Crippen molar-refractivity contribution in [2.24, 2.45) is 0 Å². The number of hydrogen-bond acceptors (Lipinski definition) is 4. The van der Waals surface area contributed by atoms with Crippen LogP contribution in [0.25, 0.3) is 0 Å². The molecule has 19 heavy (non-hydrogen) atoms. The third-order valence-corrected chi connectivity index (χ3v) is 3.91. The summed E-state index contributed by atoms with van der Waals surface area (Å²) < 4.78 is 0. The molecule has 0 unspecified atom stereocenters. The summed E-state index contributed by atoms with van der Waals surface area (Å²) in [4.78, 5) is 25.5. The van der Waals surface area contributed by atoms with Gasteiger partial charge in [0.25, 0.3) is 5.91 Å². The Morgan fingerprint density at radius 3 is 2.63 bits per heavy atom. The van der Waals surface area contributed by atoms with Crippen molar-refractivity contribution < 1.29 is 9.59 Å². The fraction of sp³-hybridized carbons (Fsp3) is 0.500. The number of nitrogens with zero attached hydrogens (tertiary/aromatic N) is 3. The highest BCUT2D eigenvalue weighted by atomic mass is 35.5. The van der Waals surface area contributed by atoms with Gasteiger partial charge in [-0.2, -0.15) is 5.10 Å². The zero-order valence-electron chi connectivity index (χ0n) is 10.2. The van der Waals surface area contributed by atoms with Crippen LogP contribution in [-0.4, -0.2) is 32.6 Å². The van der Waals surface area contributed by atoms with Crippen LogP contribution < -0.4 is 5.32 Å². The van der Waals surface area contributed by atoms with Gasteiger partial charge in [-0.1, -0.05) is 24.4 Å². The van der Waals surface area contributed by atoms with Gasteiger partial charge in [-0.25, -0.2) is 4.79 Å². The number of hydrogen-bond donors (Lipinski definition) is 1. The van der Waals surface area contributed by atoms with Gasteiger partial charge in [0, 0.05) is 0 Å². The molecule has 100 valence electrons. The number of halogens is 1. The number of carbonyl (C=O) groups excluding carboxylic acids is 2. The standard InChI is InChI=1S/C12H13ClN4O2/c13-9-4-3-8(15-16-9)7-17-10(18)12(14-11(17)19)5-1-2-6-12/h3-4H,1-2,5-7H2,(H,14,19). The molecule has 0 atom stereocenters. The van der Waals surface area contributed by atoms with Crippen LogP contribution in [0.5, 0.6) is 0 Å². The smallest absolute Gasteiger partial charge is 0.323 e. The lowest BCUT2D eigenvalue weighted by molar-refractivity contribution is -0.131. The van der Waals surface area contributed by atoms with E-state index in [4.69, 9.17) is 11.6 Å². The van der Waals surface area contributed by atoms with Crippen LogP contribution in [0, 0.1) is 0 Å². The zero-order valence-corrected chi connectivity index (χ0v) is 11.0. The van der Waals surface area contributed by atoms with Crippen molar-refractivity contribution in [3.05, 3.63) is 23.0 Å². The van der Waals surface area contributed by atoms with E-state index in [0.717, 1.165) is 25.7 Å². The number of urea groups is 1. The molecular formula is C12H13ClN4O2. The molecule has 7 heteroatoms. The van der Waals surface area contributed by atoms with Crippen molar-refractivity contribution in [3.63, 3.8) is 0 Å². The Balaban J connectivity index is 1.79. The van der Waals surface area contributed by atoms with E-state index >= 15 is 0 Å². The molecule has 2 fully saturated rings. The van der Waals surface area contributed by atoms with E-state index in [2.05, 4.69) is 15.5 Å². The van der Waals surface area contributed by atoms with Crippen LogP contribution in [0.2, 0.25) is 5.15 Å². The maximum Gasteiger partial charge on any atom is 0.325 e. The van der Waals surface area contributed by atoms with Gasteiger partial charge < -0.3 is 5.32 Å². The Morgan fingerprint density at radius 1 is 1.26 bits per heavy atom. The Bertz CT molecular complexity index is 525. The minimum absolute atomic E-state index is 0.136. The fourth-order valence-corrected chi connectivity index (χ4v) is 2.83. The molecule has 1 aliphatic carbocycles. The second-order valence-corrected chi connectivity index (χ2v) is 5.35. The molecule has 0 bridgehead atoms. The SMILES string of the molecule is O=C1NC2(CCCC2)C(=O)N1Cc1ccc(Cl)nn1. The summed E-state index contributed by atoms with van der Waals surface area (Å²) in [7, 11) is 0. The van der Waals surface area contributed by atoms with Crippen molar-refractivity contribution in [1.82, 2.24) is 20.4 Å². The van der Waals surface area contributed by atoms with Gasteiger partial charge in [0.1, 0.15) is 5.54 Å². The molecule has 1 saturated heterocycles. The molecular weight excluding hydrogens is 268 g/mol. The highest BCUT2D eigenvalue weighted by Crippen LogP contribution is 2.35. The molecule has 1 aromatic rings. The van der Waals surface area contributed by atoms with Crippen LogP contribution in [0.15, 0.2) is 12.1 Å². The molecule has 3 amide bonds. The Hall–Kier alpha value is -1.69. The maximum absolute atomic E-state index is 12.4. The quantitative estimate of drug-likeness (QED) is 0.833. The molecule has 3 rings (SSSR count). The van der Waals surface area contributed by atoms with Crippen LogP contribution in [0.3, 0.4) is 0 Å².